The van der Waals surface area contributed by atoms with Gasteiger partial charge in [-0.1, -0.05) is 18.2 Å². The van der Waals surface area contributed by atoms with E-state index < -0.39 is 0 Å². The van der Waals surface area contributed by atoms with Crippen molar-refractivity contribution >= 4 is 17.5 Å². The van der Waals surface area contributed by atoms with E-state index in [-0.39, 0.29) is 12.3 Å². The van der Waals surface area contributed by atoms with Gasteiger partial charge in [0.25, 0.3) is 0 Å². The molecular weight excluding hydrogens is 366 g/mol. The van der Waals surface area contributed by atoms with E-state index in [4.69, 9.17) is 4.74 Å². The molecule has 0 spiro atoms. The van der Waals surface area contributed by atoms with Gasteiger partial charge in [-0.25, -0.2) is 4.98 Å². The van der Waals surface area contributed by atoms with Gasteiger partial charge in [0, 0.05) is 31.5 Å². The van der Waals surface area contributed by atoms with Gasteiger partial charge in [0.1, 0.15) is 11.6 Å². The molecule has 7 nitrogen and oxygen atoms in total. The highest BCUT2D eigenvalue weighted by Crippen LogP contribution is 2.28. The third kappa shape index (κ3) is 4.93. The maximum absolute atomic E-state index is 12.3. The normalized spacial score (nSPS) is 13.2. The maximum atomic E-state index is 12.3. The van der Waals surface area contributed by atoms with Crippen molar-refractivity contribution in [3.8, 4) is 5.75 Å². The van der Waals surface area contributed by atoms with Gasteiger partial charge in [0.05, 0.1) is 20.1 Å². The molecule has 1 aliphatic rings. The summed E-state index contributed by atoms with van der Waals surface area (Å²) in [6, 6.07) is 14.2. The van der Waals surface area contributed by atoms with Crippen LogP contribution < -0.4 is 15.0 Å². The number of nitrogens with one attached hydrogen (secondary N) is 1. The zero-order chi connectivity index (χ0) is 20.2. The van der Waals surface area contributed by atoms with E-state index in [0.717, 1.165) is 22.7 Å². The van der Waals surface area contributed by atoms with E-state index >= 15 is 0 Å². The molecule has 2 heterocycles. The predicted molar refractivity (Wildman–Crippen MR) is 112 cm³/mol. The Bertz CT molecular complexity index is 962. The Morgan fingerprint density at radius 2 is 1.93 bits per heavy atom. The van der Waals surface area contributed by atoms with Crippen LogP contribution in [0.5, 0.6) is 5.75 Å². The number of benzene rings is 1. The molecule has 3 aromatic rings. The lowest BCUT2D eigenvalue weighted by Crippen LogP contribution is -2.20. The summed E-state index contributed by atoms with van der Waals surface area (Å²) in [5, 5.41) is 7.28. The van der Waals surface area contributed by atoms with Crippen LogP contribution in [0, 0.1) is 0 Å². The van der Waals surface area contributed by atoms with Gasteiger partial charge in [-0.2, -0.15) is 5.10 Å². The molecule has 0 atom stereocenters. The van der Waals surface area contributed by atoms with Gasteiger partial charge in [-0.3, -0.25) is 9.48 Å². The topological polar surface area (TPSA) is 72.3 Å². The number of aromatic nitrogens is 3. The van der Waals surface area contributed by atoms with E-state index in [9.17, 15) is 4.79 Å². The summed E-state index contributed by atoms with van der Waals surface area (Å²) in [6.07, 6.45) is 6.35. The fraction of sp³-hybridized carbons (Fsp3) is 0.318. The van der Waals surface area contributed by atoms with Gasteiger partial charge in [0.15, 0.2) is 5.82 Å². The van der Waals surface area contributed by atoms with Crippen LogP contribution >= 0.6 is 0 Å². The van der Waals surface area contributed by atoms with Crippen LogP contribution in [0.15, 0.2) is 54.9 Å². The number of amides is 1. The molecule has 29 heavy (non-hydrogen) atoms. The van der Waals surface area contributed by atoms with Gasteiger partial charge in [-0.15, -0.1) is 0 Å². The minimum Gasteiger partial charge on any atom is -0.497 e. The maximum Gasteiger partial charge on any atom is 0.230 e. The Morgan fingerprint density at radius 1 is 1.17 bits per heavy atom. The summed E-state index contributed by atoms with van der Waals surface area (Å²) in [6.45, 7) is 0.625. The van der Waals surface area contributed by atoms with Gasteiger partial charge in [0.2, 0.25) is 5.91 Å². The summed E-state index contributed by atoms with van der Waals surface area (Å²) in [7, 11) is 3.71. The number of pyridine rings is 1. The number of nitrogens with zero attached hydrogens (tertiary/aromatic N) is 4. The quantitative estimate of drug-likeness (QED) is 0.639. The second kappa shape index (κ2) is 8.34. The molecule has 0 aliphatic heterocycles. The molecule has 1 N–H and O–H groups in total. The average Bonchev–Trinajstić information content (AvgIpc) is 3.50. The van der Waals surface area contributed by atoms with Crippen LogP contribution in [0.3, 0.4) is 0 Å². The van der Waals surface area contributed by atoms with E-state index in [1.165, 1.54) is 12.8 Å². The molecule has 0 radical (unpaired) electrons. The monoisotopic (exact) mass is 391 g/mol. The number of methoxy groups -OCH3 is 1. The van der Waals surface area contributed by atoms with Crippen LogP contribution in [0.25, 0.3) is 0 Å². The van der Waals surface area contributed by atoms with Crippen molar-refractivity contribution in [3.63, 3.8) is 0 Å². The molecule has 1 amide bonds. The van der Waals surface area contributed by atoms with Crippen molar-refractivity contribution in [2.75, 3.05) is 24.4 Å². The number of hydrogen-bond donors (Lipinski definition) is 1. The van der Waals surface area contributed by atoms with Crippen molar-refractivity contribution in [2.24, 2.45) is 0 Å². The Labute approximate surface area is 170 Å². The van der Waals surface area contributed by atoms with Crippen molar-refractivity contribution < 1.29 is 9.53 Å². The lowest BCUT2D eigenvalue weighted by Gasteiger charge is -2.17. The fourth-order valence-electron chi connectivity index (χ4n) is 3.19. The van der Waals surface area contributed by atoms with Crippen molar-refractivity contribution in [3.05, 3.63) is 66.0 Å². The predicted octanol–water partition coefficient (Wildman–Crippen LogP) is 3.11. The zero-order valence-electron chi connectivity index (χ0n) is 16.7. The largest absolute Gasteiger partial charge is 0.497 e. The minimum absolute atomic E-state index is 0.107. The van der Waals surface area contributed by atoms with Crippen LogP contribution in [-0.4, -0.2) is 40.9 Å². The Kier molecular flexibility index (Phi) is 5.46. The Balaban J connectivity index is 1.30. The molecule has 1 aliphatic carbocycles. The lowest BCUT2D eigenvalue weighted by atomic mass is 10.2. The Hall–Kier alpha value is -3.35. The summed E-state index contributed by atoms with van der Waals surface area (Å²) in [5.74, 6) is 2.21. The number of rotatable bonds is 8. The zero-order valence-corrected chi connectivity index (χ0v) is 16.7. The highest BCUT2D eigenvalue weighted by Gasteiger charge is 2.26. The number of anilines is 2. The molecule has 7 heteroatoms. The second-order valence-electron chi connectivity index (χ2n) is 7.34. The smallest absolute Gasteiger partial charge is 0.230 e. The summed E-state index contributed by atoms with van der Waals surface area (Å²) in [5.41, 5.74) is 1.99. The third-order valence-electron chi connectivity index (χ3n) is 5.04. The van der Waals surface area contributed by atoms with Gasteiger partial charge >= 0.3 is 0 Å². The number of hydrogen-bond acceptors (Lipinski definition) is 5. The first-order valence-corrected chi connectivity index (χ1v) is 9.75. The van der Waals surface area contributed by atoms with Crippen molar-refractivity contribution in [1.82, 2.24) is 14.8 Å². The molecule has 1 aromatic carbocycles. The lowest BCUT2D eigenvalue weighted by molar-refractivity contribution is -0.115. The second-order valence-corrected chi connectivity index (χ2v) is 7.34. The molecule has 0 saturated heterocycles. The molecule has 1 fully saturated rings. The first kappa shape index (κ1) is 19.0. The van der Waals surface area contributed by atoms with Crippen LogP contribution in [0.2, 0.25) is 0 Å². The van der Waals surface area contributed by atoms with Crippen LogP contribution in [0.1, 0.15) is 24.0 Å². The third-order valence-corrected chi connectivity index (χ3v) is 5.04. The average molecular weight is 391 g/mol. The Morgan fingerprint density at radius 3 is 2.59 bits per heavy atom. The SMILES string of the molecule is COc1ccc(Cn2ccc(NC(=O)Cc3ccc(N(C)C4CC4)nc3)n2)cc1. The summed E-state index contributed by atoms with van der Waals surface area (Å²) >= 11 is 0. The first-order chi connectivity index (χ1) is 14.1. The number of carbonyl (C=O) groups is 1. The first-order valence-electron chi connectivity index (χ1n) is 9.75. The van der Waals surface area contributed by atoms with Gasteiger partial charge in [-0.05, 0) is 42.2 Å². The van der Waals surface area contributed by atoms with Crippen molar-refractivity contribution in [2.45, 2.75) is 31.8 Å². The van der Waals surface area contributed by atoms with E-state index in [1.807, 2.05) is 42.6 Å². The van der Waals surface area contributed by atoms with Crippen molar-refractivity contribution in [1.29, 1.82) is 0 Å². The van der Waals surface area contributed by atoms with E-state index in [0.29, 0.717) is 18.4 Å². The van der Waals surface area contributed by atoms with Crippen LogP contribution in [-0.2, 0) is 17.8 Å². The standard InChI is InChI=1S/C22H25N5O2/c1-26(18-6-7-18)21-10-5-17(14-23-21)13-22(28)24-20-11-12-27(25-20)15-16-3-8-19(29-2)9-4-16/h3-5,8-12,14,18H,6-7,13,15H2,1-2H3,(H,24,25,28). The highest BCUT2D eigenvalue weighted by molar-refractivity contribution is 5.91. The molecule has 1 saturated carbocycles. The highest BCUT2D eigenvalue weighted by atomic mass is 16.5. The van der Waals surface area contributed by atoms with E-state index in [1.54, 1.807) is 24.1 Å². The molecule has 0 unspecified atom stereocenters. The summed E-state index contributed by atoms with van der Waals surface area (Å²) in [4.78, 5) is 19.0. The molecular formula is C22H25N5O2. The fourth-order valence-corrected chi connectivity index (χ4v) is 3.19. The molecule has 2 aromatic heterocycles. The summed E-state index contributed by atoms with van der Waals surface area (Å²) < 4.78 is 6.96. The van der Waals surface area contributed by atoms with Gasteiger partial charge < -0.3 is 15.0 Å². The number of carbonyl (C=O) groups excluding carboxylic acids is 1. The minimum atomic E-state index is -0.107. The molecule has 150 valence electrons. The van der Waals surface area contributed by atoms with E-state index in [2.05, 4.69) is 27.3 Å². The molecule has 4 rings (SSSR count). The number of ether oxygens (including phenoxy) is 1. The van der Waals surface area contributed by atoms with Crippen LogP contribution in [0.4, 0.5) is 11.6 Å². The molecule has 0 bridgehead atoms.